The molecule has 116 valence electrons. The Labute approximate surface area is 142 Å². The van der Waals surface area contributed by atoms with Crippen molar-refractivity contribution in [3.63, 3.8) is 0 Å². The monoisotopic (exact) mass is 370 g/mol. The van der Waals surface area contributed by atoms with Gasteiger partial charge in [-0.1, -0.05) is 15.9 Å². The van der Waals surface area contributed by atoms with Crippen molar-refractivity contribution in [3.05, 3.63) is 41.1 Å². The zero-order valence-corrected chi connectivity index (χ0v) is 14.2. The predicted molar refractivity (Wildman–Crippen MR) is 93.9 cm³/mol. The van der Waals surface area contributed by atoms with E-state index in [-0.39, 0.29) is 0 Å². The van der Waals surface area contributed by atoms with Crippen molar-refractivity contribution in [1.29, 1.82) is 0 Å². The van der Waals surface area contributed by atoms with E-state index < -0.39 is 0 Å². The first kappa shape index (κ1) is 14.4. The van der Waals surface area contributed by atoms with Crippen molar-refractivity contribution in [2.75, 3.05) is 25.1 Å². The first-order chi connectivity index (χ1) is 11.3. The molecular formula is C17H15BrN4O. The molecule has 1 aliphatic rings. The molecule has 1 fully saturated rings. The highest BCUT2D eigenvalue weighted by Gasteiger charge is 2.22. The van der Waals surface area contributed by atoms with Gasteiger partial charge in [-0.25, -0.2) is 9.97 Å². The van der Waals surface area contributed by atoms with Crippen molar-refractivity contribution in [1.82, 2.24) is 15.0 Å². The lowest BCUT2D eigenvalue weighted by Gasteiger charge is -2.33. The second kappa shape index (κ2) is 5.77. The lowest BCUT2D eigenvalue weighted by Crippen LogP contribution is -2.37. The van der Waals surface area contributed by atoms with Crippen molar-refractivity contribution >= 4 is 32.7 Å². The van der Waals surface area contributed by atoms with Crippen LogP contribution in [0, 0.1) is 0 Å². The Kier molecular flexibility index (Phi) is 3.61. The van der Waals surface area contributed by atoms with Gasteiger partial charge in [0.2, 0.25) is 0 Å². The molecule has 0 amide bonds. The minimum Gasteiger partial charge on any atom is -0.494 e. The molecule has 0 saturated carbocycles. The standard InChI is InChI=1S/C17H15BrN4O/c1-23-14-9-12(18)8-13-15(14)20-16(11-4-2-5-19-10-11)21-17(13)22-6-3-7-22/h2,4-5,8-10H,3,6-7H2,1H3. The average Bonchev–Trinajstić information content (AvgIpc) is 2.53. The highest BCUT2D eigenvalue weighted by molar-refractivity contribution is 9.10. The van der Waals surface area contributed by atoms with Crippen LogP contribution >= 0.6 is 15.9 Å². The number of hydrogen-bond acceptors (Lipinski definition) is 5. The van der Waals surface area contributed by atoms with Crippen LogP contribution in [-0.2, 0) is 0 Å². The van der Waals surface area contributed by atoms with Gasteiger partial charge in [0.25, 0.3) is 0 Å². The van der Waals surface area contributed by atoms with Crippen LogP contribution in [0.5, 0.6) is 5.75 Å². The smallest absolute Gasteiger partial charge is 0.163 e. The number of rotatable bonds is 3. The van der Waals surface area contributed by atoms with E-state index in [1.165, 1.54) is 6.42 Å². The van der Waals surface area contributed by atoms with Crippen LogP contribution in [-0.4, -0.2) is 35.2 Å². The Morgan fingerprint density at radius 3 is 2.74 bits per heavy atom. The number of anilines is 1. The molecule has 5 nitrogen and oxygen atoms in total. The van der Waals surface area contributed by atoms with Gasteiger partial charge in [0.1, 0.15) is 17.1 Å². The maximum absolute atomic E-state index is 5.53. The fourth-order valence-corrected chi connectivity index (χ4v) is 3.14. The van der Waals surface area contributed by atoms with Crippen LogP contribution in [0.2, 0.25) is 0 Å². The summed E-state index contributed by atoms with van der Waals surface area (Å²) in [5.74, 6) is 2.37. The van der Waals surface area contributed by atoms with Gasteiger partial charge in [0.05, 0.1) is 7.11 Å². The van der Waals surface area contributed by atoms with E-state index in [0.717, 1.165) is 45.6 Å². The topological polar surface area (TPSA) is 51.1 Å². The third kappa shape index (κ3) is 2.53. The number of nitrogens with zero attached hydrogens (tertiary/aromatic N) is 4. The van der Waals surface area contributed by atoms with Gasteiger partial charge in [-0.15, -0.1) is 0 Å². The summed E-state index contributed by atoms with van der Waals surface area (Å²) in [6.45, 7) is 2.04. The Bertz CT molecular complexity index is 865. The summed E-state index contributed by atoms with van der Waals surface area (Å²) in [6, 6.07) is 7.85. The lowest BCUT2D eigenvalue weighted by atomic mass is 10.1. The molecule has 0 aliphatic carbocycles. The van der Waals surface area contributed by atoms with E-state index in [0.29, 0.717) is 5.82 Å². The fraction of sp³-hybridized carbons (Fsp3) is 0.235. The first-order valence-corrected chi connectivity index (χ1v) is 8.26. The maximum atomic E-state index is 5.53. The molecule has 0 radical (unpaired) electrons. The minimum atomic E-state index is 0.674. The van der Waals surface area contributed by atoms with E-state index in [1.54, 1.807) is 19.5 Å². The fourth-order valence-electron chi connectivity index (χ4n) is 2.70. The molecular weight excluding hydrogens is 356 g/mol. The zero-order valence-electron chi connectivity index (χ0n) is 12.7. The number of aromatic nitrogens is 3. The molecule has 1 aliphatic heterocycles. The van der Waals surface area contributed by atoms with Gasteiger partial charge in [0, 0.05) is 40.9 Å². The molecule has 1 saturated heterocycles. The summed E-state index contributed by atoms with van der Waals surface area (Å²) in [4.78, 5) is 16.0. The highest BCUT2D eigenvalue weighted by atomic mass is 79.9. The number of methoxy groups -OCH3 is 1. The number of hydrogen-bond donors (Lipinski definition) is 0. The number of ether oxygens (including phenoxy) is 1. The highest BCUT2D eigenvalue weighted by Crippen LogP contribution is 2.36. The van der Waals surface area contributed by atoms with Crippen LogP contribution < -0.4 is 9.64 Å². The second-order valence-corrected chi connectivity index (χ2v) is 6.37. The van der Waals surface area contributed by atoms with Crippen LogP contribution in [0.25, 0.3) is 22.3 Å². The lowest BCUT2D eigenvalue weighted by molar-refractivity contribution is 0.418. The third-order valence-corrected chi connectivity index (χ3v) is 4.46. The van der Waals surface area contributed by atoms with Crippen LogP contribution in [0.15, 0.2) is 41.1 Å². The van der Waals surface area contributed by atoms with Crippen molar-refractivity contribution in [2.24, 2.45) is 0 Å². The maximum Gasteiger partial charge on any atom is 0.163 e. The van der Waals surface area contributed by atoms with Crippen LogP contribution in [0.4, 0.5) is 5.82 Å². The third-order valence-electron chi connectivity index (χ3n) is 4.01. The number of benzene rings is 1. The molecule has 0 spiro atoms. The molecule has 0 bridgehead atoms. The van der Waals surface area contributed by atoms with Gasteiger partial charge < -0.3 is 9.64 Å². The Balaban J connectivity index is 2.01. The molecule has 3 heterocycles. The van der Waals surface area contributed by atoms with Crippen molar-refractivity contribution in [2.45, 2.75) is 6.42 Å². The SMILES string of the molecule is COc1cc(Br)cc2c(N3CCC3)nc(-c3cccnc3)nc12. The normalized spacial score (nSPS) is 13.9. The molecule has 0 N–H and O–H groups in total. The summed E-state index contributed by atoms with van der Waals surface area (Å²) in [6.07, 6.45) is 4.73. The molecule has 23 heavy (non-hydrogen) atoms. The van der Waals surface area contributed by atoms with E-state index >= 15 is 0 Å². The first-order valence-electron chi connectivity index (χ1n) is 7.47. The van der Waals surface area contributed by atoms with Crippen LogP contribution in [0.1, 0.15) is 6.42 Å². The molecule has 0 atom stereocenters. The van der Waals surface area contributed by atoms with Crippen molar-refractivity contribution in [3.8, 4) is 17.1 Å². The molecule has 2 aromatic heterocycles. The molecule has 3 aromatic rings. The number of pyridine rings is 1. The van der Waals surface area contributed by atoms with Gasteiger partial charge in [0.15, 0.2) is 5.82 Å². The number of fused-ring (bicyclic) bond motifs is 1. The summed E-state index contributed by atoms with van der Waals surface area (Å²) < 4.78 is 6.49. The van der Waals surface area contributed by atoms with E-state index in [2.05, 4.69) is 31.9 Å². The molecule has 6 heteroatoms. The van der Waals surface area contributed by atoms with Gasteiger partial charge >= 0.3 is 0 Å². The van der Waals surface area contributed by atoms with E-state index in [1.807, 2.05) is 18.2 Å². The Hall–Kier alpha value is -2.21. The van der Waals surface area contributed by atoms with Crippen LogP contribution in [0.3, 0.4) is 0 Å². The molecule has 0 unspecified atom stereocenters. The van der Waals surface area contributed by atoms with Gasteiger partial charge in [-0.05, 0) is 30.7 Å². The second-order valence-electron chi connectivity index (χ2n) is 5.46. The van der Waals surface area contributed by atoms with Gasteiger partial charge in [-0.2, -0.15) is 0 Å². The van der Waals surface area contributed by atoms with E-state index in [4.69, 9.17) is 14.7 Å². The van der Waals surface area contributed by atoms with E-state index in [9.17, 15) is 0 Å². The summed E-state index contributed by atoms with van der Waals surface area (Å²) in [7, 11) is 1.66. The summed E-state index contributed by atoms with van der Waals surface area (Å²) in [5.41, 5.74) is 1.73. The Morgan fingerprint density at radius 2 is 2.09 bits per heavy atom. The quantitative estimate of drug-likeness (QED) is 0.703. The summed E-state index contributed by atoms with van der Waals surface area (Å²) in [5, 5.41) is 1.00. The predicted octanol–water partition coefficient (Wildman–Crippen LogP) is 3.67. The van der Waals surface area contributed by atoms with Gasteiger partial charge in [-0.3, -0.25) is 4.98 Å². The average molecular weight is 371 g/mol. The molecule has 4 rings (SSSR count). The largest absolute Gasteiger partial charge is 0.494 e. The molecule has 1 aromatic carbocycles. The number of halogens is 1. The summed E-state index contributed by atoms with van der Waals surface area (Å²) >= 11 is 3.55. The minimum absolute atomic E-state index is 0.674. The van der Waals surface area contributed by atoms with Crippen molar-refractivity contribution < 1.29 is 4.74 Å². The Morgan fingerprint density at radius 1 is 1.22 bits per heavy atom. The zero-order chi connectivity index (χ0) is 15.8.